The topological polar surface area (TPSA) is 71.8 Å². The van der Waals surface area contributed by atoms with E-state index in [1.54, 1.807) is 18.3 Å². The molecule has 1 aromatic carbocycles. The first kappa shape index (κ1) is 11.2. The van der Waals surface area contributed by atoms with E-state index in [0.717, 1.165) is 16.5 Å². The van der Waals surface area contributed by atoms with Crippen molar-refractivity contribution >= 4 is 16.8 Å². The van der Waals surface area contributed by atoms with Crippen LogP contribution in [0.25, 0.3) is 10.9 Å². The number of aromatic nitrogens is 2. The number of H-pyrrole nitrogens is 1. The normalized spacial score (nSPS) is 9.53. The van der Waals surface area contributed by atoms with Gasteiger partial charge in [0.1, 0.15) is 0 Å². The van der Waals surface area contributed by atoms with Gasteiger partial charge < -0.3 is 5.73 Å². The van der Waals surface area contributed by atoms with Gasteiger partial charge in [-0.2, -0.15) is 5.10 Å². The van der Waals surface area contributed by atoms with Crippen LogP contribution >= 0.6 is 0 Å². The average Bonchev–Trinajstić information content (AvgIpc) is 2.69. The van der Waals surface area contributed by atoms with Gasteiger partial charge in [-0.3, -0.25) is 9.89 Å². The quantitative estimate of drug-likeness (QED) is 0.747. The number of primary amides is 1. The van der Waals surface area contributed by atoms with Crippen molar-refractivity contribution in [2.45, 2.75) is 20.8 Å². The fourth-order valence-corrected chi connectivity index (χ4v) is 1.37. The number of nitrogens with zero attached hydrogens (tertiary/aromatic N) is 1. The van der Waals surface area contributed by atoms with Gasteiger partial charge in [0.15, 0.2) is 0 Å². The molecule has 0 spiro atoms. The number of benzene rings is 1. The molecular formula is C11H15N3O. The van der Waals surface area contributed by atoms with E-state index in [2.05, 4.69) is 10.2 Å². The second kappa shape index (κ2) is 4.59. The highest BCUT2D eigenvalue weighted by molar-refractivity contribution is 5.97. The standard InChI is InChI=1S/C9H9N3O.C2H6/c1-5-2-6(9(10)13)3-8-7(5)4-11-12-8;1-2/h2-4H,1H3,(H2,10,13)(H,11,12);1-2H3. The SMILES string of the molecule is CC.Cc1cc(C(N)=O)cc2[nH]ncc12. The predicted molar refractivity (Wildman–Crippen MR) is 60.7 cm³/mol. The van der Waals surface area contributed by atoms with Crippen LogP contribution in [0.5, 0.6) is 0 Å². The molecule has 2 rings (SSSR count). The Morgan fingerprint density at radius 1 is 1.40 bits per heavy atom. The summed E-state index contributed by atoms with van der Waals surface area (Å²) in [5.74, 6) is -0.417. The molecule has 1 aromatic heterocycles. The Labute approximate surface area is 88.5 Å². The molecule has 1 heterocycles. The van der Waals surface area contributed by atoms with E-state index in [1.807, 2.05) is 20.8 Å². The number of rotatable bonds is 1. The molecule has 0 atom stereocenters. The molecule has 0 aliphatic rings. The second-order valence-electron chi connectivity index (χ2n) is 2.99. The minimum absolute atomic E-state index is 0.417. The van der Waals surface area contributed by atoms with Crippen LogP contribution in [-0.4, -0.2) is 16.1 Å². The number of nitrogens with two attached hydrogens (primary N) is 1. The van der Waals surface area contributed by atoms with Crippen LogP contribution in [0.1, 0.15) is 29.8 Å². The molecule has 0 bridgehead atoms. The smallest absolute Gasteiger partial charge is 0.248 e. The van der Waals surface area contributed by atoms with Crippen LogP contribution in [0.4, 0.5) is 0 Å². The Bertz CT molecular complexity index is 474. The molecule has 80 valence electrons. The van der Waals surface area contributed by atoms with Crippen LogP contribution in [-0.2, 0) is 0 Å². The number of aromatic amines is 1. The van der Waals surface area contributed by atoms with Crippen LogP contribution in [0.15, 0.2) is 18.3 Å². The molecule has 15 heavy (non-hydrogen) atoms. The molecule has 1 amide bonds. The monoisotopic (exact) mass is 205 g/mol. The summed E-state index contributed by atoms with van der Waals surface area (Å²) >= 11 is 0. The number of hydrogen-bond acceptors (Lipinski definition) is 2. The summed E-state index contributed by atoms with van der Waals surface area (Å²) in [4.78, 5) is 10.9. The first-order valence-electron chi connectivity index (χ1n) is 4.92. The summed E-state index contributed by atoms with van der Waals surface area (Å²) < 4.78 is 0. The number of carbonyl (C=O) groups is 1. The van der Waals surface area contributed by atoms with Crippen LogP contribution < -0.4 is 5.73 Å². The summed E-state index contributed by atoms with van der Waals surface area (Å²) in [6.45, 7) is 5.92. The van der Waals surface area contributed by atoms with Gasteiger partial charge in [-0.15, -0.1) is 0 Å². The van der Waals surface area contributed by atoms with Crippen molar-refractivity contribution in [3.8, 4) is 0 Å². The van der Waals surface area contributed by atoms with E-state index in [4.69, 9.17) is 5.73 Å². The lowest BCUT2D eigenvalue weighted by Crippen LogP contribution is -2.10. The first-order chi connectivity index (χ1) is 7.18. The van der Waals surface area contributed by atoms with E-state index in [-0.39, 0.29) is 0 Å². The number of fused-ring (bicyclic) bond motifs is 1. The number of aryl methyl sites for hydroxylation is 1. The Balaban J connectivity index is 0.000000531. The van der Waals surface area contributed by atoms with E-state index in [1.165, 1.54) is 0 Å². The van der Waals surface area contributed by atoms with Gasteiger partial charge in [-0.05, 0) is 24.6 Å². The predicted octanol–water partition coefficient (Wildman–Crippen LogP) is 2.00. The second-order valence-corrected chi connectivity index (χ2v) is 2.99. The maximum absolute atomic E-state index is 10.9. The van der Waals surface area contributed by atoms with Crippen molar-refractivity contribution in [3.63, 3.8) is 0 Å². The molecule has 0 saturated heterocycles. The van der Waals surface area contributed by atoms with Gasteiger partial charge in [0, 0.05) is 10.9 Å². The van der Waals surface area contributed by atoms with E-state index in [0.29, 0.717) is 5.56 Å². The van der Waals surface area contributed by atoms with Crippen molar-refractivity contribution in [3.05, 3.63) is 29.5 Å². The summed E-state index contributed by atoms with van der Waals surface area (Å²) in [5, 5.41) is 7.70. The maximum Gasteiger partial charge on any atom is 0.248 e. The van der Waals surface area contributed by atoms with Crippen molar-refractivity contribution in [1.29, 1.82) is 0 Å². The highest BCUT2D eigenvalue weighted by Gasteiger charge is 2.05. The minimum atomic E-state index is -0.417. The zero-order valence-electron chi connectivity index (χ0n) is 9.16. The zero-order valence-corrected chi connectivity index (χ0v) is 9.16. The van der Waals surface area contributed by atoms with Gasteiger partial charge >= 0.3 is 0 Å². The van der Waals surface area contributed by atoms with Gasteiger partial charge in [-0.1, -0.05) is 13.8 Å². The summed E-state index contributed by atoms with van der Waals surface area (Å²) in [6, 6.07) is 3.47. The molecule has 0 aliphatic carbocycles. The van der Waals surface area contributed by atoms with Crippen molar-refractivity contribution in [2.75, 3.05) is 0 Å². The average molecular weight is 205 g/mol. The lowest BCUT2D eigenvalue weighted by Gasteiger charge is -1.98. The van der Waals surface area contributed by atoms with Gasteiger partial charge in [-0.25, -0.2) is 0 Å². The molecule has 0 unspecified atom stereocenters. The molecule has 0 aliphatic heterocycles. The lowest BCUT2D eigenvalue weighted by molar-refractivity contribution is 0.100. The number of nitrogens with one attached hydrogen (secondary N) is 1. The van der Waals surface area contributed by atoms with Crippen LogP contribution in [0, 0.1) is 6.92 Å². The molecular weight excluding hydrogens is 190 g/mol. The highest BCUT2D eigenvalue weighted by Crippen LogP contribution is 2.17. The molecule has 0 radical (unpaired) electrons. The minimum Gasteiger partial charge on any atom is -0.366 e. The van der Waals surface area contributed by atoms with Crippen LogP contribution in [0.2, 0.25) is 0 Å². The number of carbonyl (C=O) groups excluding carboxylic acids is 1. The van der Waals surface area contributed by atoms with Crippen molar-refractivity contribution in [2.24, 2.45) is 5.73 Å². The Morgan fingerprint density at radius 2 is 2.07 bits per heavy atom. The number of hydrogen-bond donors (Lipinski definition) is 2. The third-order valence-corrected chi connectivity index (χ3v) is 2.05. The van der Waals surface area contributed by atoms with Gasteiger partial charge in [0.2, 0.25) is 5.91 Å². The fraction of sp³-hybridized carbons (Fsp3) is 0.273. The van der Waals surface area contributed by atoms with E-state index < -0.39 is 5.91 Å². The fourth-order valence-electron chi connectivity index (χ4n) is 1.37. The number of amides is 1. The molecule has 0 fully saturated rings. The summed E-state index contributed by atoms with van der Waals surface area (Å²) in [6.07, 6.45) is 1.73. The largest absolute Gasteiger partial charge is 0.366 e. The van der Waals surface area contributed by atoms with E-state index >= 15 is 0 Å². The lowest BCUT2D eigenvalue weighted by atomic mass is 10.1. The molecule has 2 aromatic rings. The zero-order chi connectivity index (χ0) is 11.4. The van der Waals surface area contributed by atoms with Gasteiger partial charge in [0.05, 0.1) is 11.7 Å². The molecule has 0 saturated carbocycles. The Hall–Kier alpha value is -1.84. The summed E-state index contributed by atoms with van der Waals surface area (Å²) in [7, 11) is 0. The maximum atomic E-state index is 10.9. The third-order valence-electron chi connectivity index (χ3n) is 2.05. The molecule has 4 nitrogen and oxygen atoms in total. The first-order valence-corrected chi connectivity index (χ1v) is 4.92. The van der Waals surface area contributed by atoms with Gasteiger partial charge in [0.25, 0.3) is 0 Å². The third kappa shape index (κ3) is 2.15. The Morgan fingerprint density at radius 3 is 2.67 bits per heavy atom. The molecule has 3 N–H and O–H groups in total. The van der Waals surface area contributed by atoms with Crippen molar-refractivity contribution in [1.82, 2.24) is 10.2 Å². The van der Waals surface area contributed by atoms with E-state index in [9.17, 15) is 4.79 Å². The van der Waals surface area contributed by atoms with Crippen molar-refractivity contribution < 1.29 is 4.79 Å². The molecule has 4 heteroatoms. The highest BCUT2D eigenvalue weighted by atomic mass is 16.1. The van der Waals surface area contributed by atoms with Crippen LogP contribution in [0.3, 0.4) is 0 Å². The Kier molecular flexibility index (Phi) is 3.44. The summed E-state index contributed by atoms with van der Waals surface area (Å²) in [5.41, 5.74) is 7.52.